The highest BCUT2D eigenvalue weighted by atomic mass is 127. The summed E-state index contributed by atoms with van der Waals surface area (Å²) >= 11 is 0. The average molecular weight is 483 g/mol. The Morgan fingerprint density at radius 3 is 1.80 bits per heavy atom. The molecular formula is C18H34IN3O2S. The molecule has 146 valence electrons. The Labute approximate surface area is 170 Å². The molecule has 0 bridgehead atoms. The lowest BCUT2D eigenvalue weighted by atomic mass is 9.95. The molecule has 3 fully saturated rings. The normalized spacial score (nSPS) is 27.3. The van der Waals surface area contributed by atoms with E-state index in [1.807, 2.05) is 0 Å². The van der Waals surface area contributed by atoms with Crippen molar-refractivity contribution in [2.75, 3.05) is 18.1 Å². The van der Waals surface area contributed by atoms with Crippen LogP contribution in [-0.4, -0.2) is 44.5 Å². The van der Waals surface area contributed by atoms with Gasteiger partial charge in [-0.3, -0.25) is 4.99 Å². The van der Waals surface area contributed by atoms with Crippen molar-refractivity contribution in [2.45, 2.75) is 82.7 Å². The van der Waals surface area contributed by atoms with Gasteiger partial charge < -0.3 is 10.6 Å². The first kappa shape index (κ1) is 21.3. The Hall–Kier alpha value is -0.0500. The van der Waals surface area contributed by atoms with Crippen molar-refractivity contribution in [2.24, 2.45) is 10.9 Å². The van der Waals surface area contributed by atoms with Crippen molar-refractivity contribution in [3.05, 3.63) is 0 Å². The fraction of sp³-hybridized carbons (Fsp3) is 0.944. The molecule has 2 N–H and O–H groups in total. The molecule has 3 rings (SSSR count). The third-order valence-corrected chi connectivity index (χ3v) is 7.56. The van der Waals surface area contributed by atoms with E-state index in [1.54, 1.807) is 0 Å². The van der Waals surface area contributed by atoms with Gasteiger partial charge in [0.15, 0.2) is 15.8 Å². The number of nitrogens with one attached hydrogen (secondary N) is 2. The van der Waals surface area contributed by atoms with Crippen molar-refractivity contribution in [3.63, 3.8) is 0 Å². The Balaban J connectivity index is 0.00000225. The lowest BCUT2D eigenvalue weighted by Crippen LogP contribution is -2.48. The Morgan fingerprint density at radius 1 is 0.840 bits per heavy atom. The van der Waals surface area contributed by atoms with Crippen LogP contribution in [0.2, 0.25) is 0 Å². The molecule has 3 aliphatic rings. The molecule has 0 radical (unpaired) electrons. The van der Waals surface area contributed by atoms with Crippen LogP contribution in [0, 0.1) is 5.92 Å². The molecule has 1 heterocycles. The van der Waals surface area contributed by atoms with Gasteiger partial charge in [-0.25, -0.2) is 8.42 Å². The first-order chi connectivity index (χ1) is 11.6. The maximum Gasteiger partial charge on any atom is 0.191 e. The fourth-order valence-corrected chi connectivity index (χ4v) is 6.10. The number of sulfone groups is 1. The predicted octanol–water partition coefficient (Wildman–Crippen LogP) is 3.24. The fourth-order valence-electron chi connectivity index (χ4n) is 4.25. The zero-order valence-corrected chi connectivity index (χ0v) is 18.4. The predicted molar refractivity (Wildman–Crippen MR) is 114 cm³/mol. The molecule has 0 aromatic heterocycles. The minimum Gasteiger partial charge on any atom is -0.354 e. The van der Waals surface area contributed by atoms with Crippen molar-refractivity contribution in [1.29, 1.82) is 0 Å². The second kappa shape index (κ2) is 10.3. The summed E-state index contributed by atoms with van der Waals surface area (Å²) in [6, 6.07) is 1.06. The number of aliphatic imine (C=N–C) groups is 1. The van der Waals surface area contributed by atoms with Gasteiger partial charge in [0.1, 0.15) is 0 Å². The molecule has 1 aliphatic heterocycles. The van der Waals surface area contributed by atoms with E-state index in [0.717, 1.165) is 12.4 Å². The van der Waals surface area contributed by atoms with E-state index in [2.05, 4.69) is 10.6 Å². The van der Waals surface area contributed by atoms with E-state index >= 15 is 0 Å². The number of rotatable bonds is 4. The van der Waals surface area contributed by atoms with Crippen LogP contribution in [0.3, 0.4) is 0 Å². The third-order valence-electron chi connectivity index (χ3n) is 5.73. The molecule has 1 saturated heterocycles. The molecule has 0 aromatic carbocycles. The standard InChI is InChI=1S/C18H33N3O2S.HI/c22-24(23)12-11-15(14-24)13-19-18(20-16-7-3-1-4-8-16)21-17-9-5-2-6-10-17;/h15-17H,1-14H2,(H2,19,20,21);1H. The molecule has 5 nitrogen and oxygen atoms in total. The van der Waals surface area contributed by atoms with Gasteiger partial charge >= 0.3 is 0 Å². The number of halogens is 1. The molecule has 2 aliphatic carbocycles. The van der Waals surface area contributed by atoms with E-state index in [-0.39, 0.29) is 29.9 Å². The molecule has 1 atom stereocenters. The number of hydrogen-bond donors (Lipinski definition) is 2. The third kappa shape index (κ3) is 7.23. The summed E-state index contributed by atoms with van der Waals surface area (Å²) in [5.74, 6) is 1.79. The van der Waals surface area contributed by atoms with Crippen molar-refractivity contribution < 1.29 is 8.42 Å². The van der Waals surface area contributed by atoms with Crippen molar-refractivity contribution in [3.8, 4) is 0 Å². The molecule has 25 heavy (non-hydrogen) atoms. The maximum atomic E-state index is 11.6. The summed E-state index contributed by atoms with van der Waals surface area (Å²) in [5.41, 5.74) is 0. The lowest BCUT2D eigenvalue weighted by Gasteiger charge is -2.29. The monoisotopic (exact) mass is 483 g/mol. The van der Waals surface area contributed by atoms with Gasteiger partial charge in [0.25, 0.3) is 0 Å². The molecule has 0 amide bonds. The number of guanidine groups is 1. The lowest BCUT2D eigenvalue weighted by molar-refractivity contribution is 0.388. The van der Waals surface area contributed by atoms with Gasteiger partial charge in [-0.2, -0.15) is 0 Å². The SMILES string of the molecule is I.O=S1(=O)CCC(CN=C(NC2CCCCC2)NC2CCCCC2)C1. The summed E-state index contributed by atoms with van der Waals surface area (Å²) < 4.78 is 23.3. The molecule has 0 spiro atoms. The highest BCUT2D eigenvalue weighted by Crippen LogP contribution is 2.21. The number of nitrogens with zero attached hydrogens (tertiary/aromatic N) is 1. The largest absolute Gasteiger partial charge is 0.354 e. The Bertz CT molecular complexity index is 504. The van der Waals surface area contributed by atoms with Crippen LogP contribution < -0.4 is 10.6 Å². The van der Waals surface area contributed by atoms with E-state index < -0.39 is 9.84 Å². The summed E-state index contributed by atoms with van der Waals surface area (Å²) in [5, 5.41) is 7.27. The van der Waals surface area contributed by atoms with Gasteiger partial charge in [-0.05, 0) is 38.0 Å². The summed E-state index contributed by atoms with van der Waals surface area (Å²) in [6.07, 6.45) is 13.6. The maximum absolute atomic E-state index is 11.6. The zero-order chi connectivity index (χ0) is 16.8. The van der Waals surface area contributed by atoms with Crippen LogP contribution in [-0.2, 0) is 9.84 Å². The average Bonchev–Trinajstić information content (AvgIpc) is 2.94. The minimum atomic E-state index is -2.81. The van der Waals surface area contributed by atoms with E-state index in [0.29, 0.717) is 30.1 Å². The highest BCUT2D eigenvalue weighted by molar-refractivity contribution is 14.0. The minimum absolute atomic E-state index is 0. The van der Waals surface area contributed by atoms with Crippen molar-refractivity contribution >= 4 is 39.8 Å². The van der Waals surface area contributed by atoms with Gasteiger partial charge in [-0.1, -0.05) is 38.5 Å². The molecule has 0 aromatic rings. The molecule has 7 heteroatoms. The first-order valence-electron chi connectivity index (χ1n) is 9.89. The molecular weight excluding hydrogens is 449 g/mol. The Kier molecular flexibility index (Phi) is 8.78. The zero-order valence-electron chi connectivity index (χ0n) is 15.2. The molecule has 2 saturated carbocycles. The topological polar surface area (TPSA) is 70.6 Å². The summed E-state index contributed by atoms with van der Waals surface area (Å²) in [7, 11) is -2.81. The van der Waals surface area contributed by atoms with Crippen LogP contribution in [0.1, 0.15) is 70.6 Å². The van der Waals surface area contributed by atoms with Crippen LogP contribution >= 0.6 is 24.0 Å². The Morgan fingerprint density at radius 2 is 1.36 bits per heavy atom. The van der Waals surface area contributed by atoms with Crippen LogP contribution in [0.15, 0.2) is 4.99 Å². The van der Waals surface area contributed by atoms with E-state index in [1.165, 1.54) is 64.2 Å². The molecule has 1 unspecified atom stereocenters. The second-order valence-electron chi connectivity index (χ2n) is 7.92. The van der Waals surface area contributed by atoms with E-state index in [9.17, 15) is 8.42 Å². The van der Waals surface area contributed by atoms with Gasteiger partial charge in [0.05, 0.1) is 11.5 Å². The van der Waals surface area contributed by atoms with Gasteiger partial charge in [0.2, 0.25) is 0 Å². The van der Waals surface area contributed by atoms with Crippen LogP contribution in [0.5, 0.6) is 0 Å². The highest BCUT2D eigenvalue weighted by Gasteiger charge is 2.28. The quantitative estimate of drug-likeness (QED) is 0.366. The van der Waals surface area contributed by atoms with Gasteiger partial charge in [0, 0.05) is 18.6 Å². The van der Waals surface area contributed by atoms with Gasteiger partial charge in [-0.15, -0.1) is 24.0 Å². The summed E-state index contributed by atoms with van der Waals surface area (Å²) in [6.45, 7) is 0.633. The van der Waals surface area contributed by atoms with Crippen molar-refractivity contribution in [1.82, 2.24) is 10.6 Å². The first-order valence-corrected chi connectivity index (χ1v) is 11.7. The van der Waals surface area contributed by atoms with E-state index in [4.69, 9.17) is 4.99 Å². The summed E-state index contributed by atoms with van der Waals surface area (Å²) in [4.78, 5) is 4.79. The number of hydrogen-bond acceptors (Lipinski definition) is 3. The second-order valence-corrected chi connectivity index (χ2v) is 10.1. The smallest absolute Gasteiger partial charge is 0.191 e. The van der Waals surface area contributed by atoms with Crippen LogP contribution in [0.25, 0.3) is 0 Å². The van der Waals surface area contributed by atoms with Crippen LogP contribution in [0.4, 0.5) is 0 Å².